The molecule has 3 aliphatic heterocycles. The van der Waals surface area contributed by atoms with Crippen LogP contribution in [0.25, 0.3) is 0 Å². The molecule has 3 saturated heterocycles. The van der Waals surface area contributed by atoms with Crippen molar-refractivity contribution < 1.29 is 64.3 Å². The van der Waals surface area contributed by atoms with Crippen molar-refractivity contribution in [2.75, 3.05) is 70.4 Å². The lowest BCUT2D eigenvalue weighted by Gasteiger charge is -2.35. The van der Waals surface area contributed by atoms with Crippen LogP contribution < -0.4 is 0 Å². The van der Waals surface area contributed by atoms with Gasteiger partial charge in [0.05, 0.1) is 39.2 Å². The second kappa shape index (κ2) is 39.5. The minimum atomic E-state index is -3.40. The van der Waals surface area contributed by atoms with E-state index in [-0.39, 0.29) is 69.9 Å². The summed E-state index contributed by atoms with van der Waals surface area (Å²) in [6.07, 6.45) is 23.3. The SMILES string of the molecule is O=C(O)C(CC1CC1)C1C[C@H](CN2CCC(CCC(F)(F)c3ccc(F)cc3)CC2)[C@@H](c2ccccc2)C1.O=C(O)C(CC1CC1)C1C[C@H](CN2CCC(CCS(=O)(=O)c3ccc(F)cc3)CC2)[C@@H](c2ccccc2)C1.O=C(O)C(CC1CC1)C1C[C@H](CN2CCC(CCS(=O)c3ccc(F)cc3)CC2)[C@@H](c2ccccc2)C1. The Kier molecular flexibility index (Phi) is 29.5. The highest BCUT2D eigenvalue weighted by atomic mass is 32.2. The molecule has 15 rings (SSSR count). The number of alkyl halides is 2. The smallest absolute Gasteiger partial charge is 0.306 e. The maximum absolute atomic E-state index is 14.7. The first kappa shape index (κ1) is 84.3. The largest absolute Gasteiger partial charge is 0.481 e. The zero-order chi connectivity index (χ0) is 79.2. The molecule has 0 bridgehead atoms. The lowest BCUT2D eigenvalue weighted by Crippen LogP contribution is -2.38. The van der Waals surface area contributed by atoms with Gasteiger partial charge >= 0.3 is 17.9 Å². The molecule has 9 fully saturated rings. The van der Waals surface area contributed by atoms with E-state index in [1.807, 2.05) is 12.1 Å². The van der Waals surface area contributed by atoms with Gasteiger partial charge in [0.15, 0.2) is 9.84 Å². The number of carboxylic acids is 3. The van der Waals surface area contributed by atoms with E-state index in [0.29, 0.717) is 88.6 Å². The predicted molar refractivity (Wildman–Crippen MR) is 434 cm³/mol. The van der Waals surface area contributed by atoms with Crippen molar-refractivity contribution in [1.82, 2.24) is 14.7 Å². The van der Waals surface area contributed by atoms with Gasteiger partial charge in [-0.3, -0.25) is 18.6 Å². The Morgan fingerprint density at radius 1 is 0.407 bits per heavy atom. The molecule has 19 heteroatoms. The minimum absolute atomic E-state index is 0.0985. The normalized spacial score (nSPS) is 26.2. The molecular weight excluding hydrogens is 1470 g/mol. The first-order valence-electron chi connectivity index (χ1n) is 42.8. The molecule has 13 atom stereocenters. The molecule has 3 N–H and O–H groups in total. The second-order valence-electron chi connectivity index (χ2n) is 35.7. The van der Waals surface area contributed by atoms with E-state index in [2.05, 4.69) is 93.6 Å². The number of nitrogens with zero attached hydrogens (tertiary/aromatic N) is 3. The molecule has 6 aromatic rings. The molecule has 0 aromatic heterocycles. The van der Waals surface area contributed by atoms with Gasteiger partial charge in [-0.1, -0.05) is 142 Å². The molecule has 6 aromatic carbocycles. The average Bonchev–Trinajstić information content (AvgIpc) is 1.66. The number of hydrogen-bond donors (Lipinski definition) is 3. The highest BCUT2D eigenvalue weighted by Crippen LogP contribution is 2.53. The third-order valence-corrected chi connectivity index (χ3v) is 31.0. The van der Waals surface area contributed by atoms with Gasteiger partial charge in [-0.05, 0) is 321 Å². The molecule has 7 unspecified atom stereocenters. The number of benzene rings is 6. The summed E-state index contributed by atoms with van der Waals surface area (Å²) in [4.78, 5) is 45.1. The number of aliphatic carboxylic acids is 3. The van der Waals surface area contributed by atoms with Gasteiger partial charge in [-0.15, -0.1) is 0 Å². The highest BCUT2D eigenvalue weighted by Gasteiger charge is 2.48. The topological polar surface area (TPSA) is 173 Å². The van der Waals surface area contributed by atoms with Gasteiger partial charge in [0.2, 0.25) is 0 Å². The quantitative estimate of drug-likeness (QED) is 0.0263. The van der Waals surface area contributed by atoms with Crippen LogP contribution >= 0.6 is 0 Å². The molecule has 6 aliphatic carbocycles. The summed E-state index contributed by atoms with van der Waals surface area (Å²) in [7, 11) is -4.47. The Morgan fingerprint density at radius 3 is 1.06 bits per heavy atom. The summed E-state index contributed by atoms with van der Waals surface area (Å²) in [5, 5.41) is 30.1. The first-order valence-corrected chi connectivity index (χ1v) is 45.8. The number of hydrogen-bond acceptors (Lipinski definition) is 9. The lowest BCUT2D eigenvalue weighted by molar-refractivity contribution is -0.145. The molecule has 6 saturated carbocycles. The number of rotatable bonds is 33. The molecular formula is C94H120F5N3O9S2. The zero-order valence-corrected chi connectivity index (χ0v) is 67.4. The summed E-state index contributed by atoms with van der Waals surface area (Å²) in [6, 6.07) is 47.6. The van der Waals surface area contributed by atoms with Gasteiger partial charge in [0.1, 0.15) is 17.5 Å². The van der Waals surface area contributed by atoms with E-state index in [0.717, 1.165) is 174 Å². The van der Waals surface area contributed by atoms with E-state index in [9.17, 15) is 64.3 Å². The molecule has 113 heavy (non-hydrogen) atoms. The number of piperidine rings is 3. The molecule has 0 spiro atoms. The summed E-state index contributed by atoms with van der Waals surface area (Å²) >= 11 is 0. The van der Waals surface area contributed by atoms with Crippen LogP contribution in [0.2, 0.25) is 0 Å². The molecule has 0 amide bonds. The Labute approximate surface area is 670 Å². The number of carbonyl (C=O) groups is 3. The molecule has 3 heterocycles. The summed E-state index contributed by atoms with van der Waals surface area (Å²) < 4.78 is 107. The van der Waals surface area contributed by atoms with Crippen LogP contribution in [0.4, 0.5) is 22.0 Å². The Balaban J connectivity index is 0.000000148. The van der Waals surface area contributed by atoms with Crippen LogP contribution in [0.3, 0.4) is 0 Å². The van der Waals surface area contributed by atoms with Gasteiger partial charge in [0, 0.05) is 42.3 Å². The number of carboxylic acid groups (broad SMARTS) is 3. The first-order chi connectivity index (χ1) is 54.5. The van der Waals surface area contributed by atoms with Gasteiger partial charge in [0.25, 0.3) is 5.92 Å². The van der Waals surface area contributed by atoms with Crippen molar-refractivity contribution >= 4 is 38.5 Å². The second-order valence-corrected chi connectivity index (χ2v) is 39.4. The lowest BCUT2D eigenvalue weighted by atomic mass is 9.85. The standard InChI is InChI=1S/C32H40F3NO2.C31H40FNO4S.C31H40FNO3S/c33-28-10-8-27(9-11-28)32(34,35)15-12-22-13-16-36(17-14-22)21-26-19-25(30(31(37)38)18-23-6-7-23)20-29(26)24-4-2-1-3-5-24;32-27-8-10-28(11-9-27)38(36,37)17-14-22-12-15-33(16-13-22)21-26-19-25(30(31(34)35)18-23-6-7-23)20-29(26)24-4-2-1-3-5-24;32-27-8-10-28(11-9-27)37(36)17-14-22-12-15-33(16-13-22)21-26-19-25(30(31(34)35)18-23-6-7-23)20-29(26)24-4-2-1-3-5-24/h1-5,8-11,22-23,25-26,29-30H,6-7,12-21H2,(H,37,38);1-5,8-11,22-23,25-26,29-30H,6-7,12-21H2,(H,34,35);1-5,8-11,22-23,25-26,29-30H,6-7,12-21H2,(H,34,35)/t2*25?,26-,29-,30?;25?,26-,29-,30?,37?/m111/s1. The summed E-state index contributed by atoms with van der Waals surface area (Å²) in [6.45, 7) is 8.79. The van der Waals surface area contributed by atoms with E-state index >= 15 is 0 Å². The fourth-order valence-electron chi connectivity index (χ4n) is 20.7. The number of halogens is 5. The predicted octanol–water partition coefficient (Wildman–Crippen LogP) is 20.1. The van der Waals surface area contributed by atoms with Crippen LogP contribution in [0.1, 0.15) is 201 Å². The van der Waals surface area contributed by atoms with Crippen molar-refractivity contribution in [2.45, 2.75) is 194 Å². The van der Waals surface area contributed by atoms with Crippen molar-refractivity contribution in [2.24, 2.45) is 88.8 Å². The molecule has 612 valence electrons. The van der Waals surface area contributed by atoms with E-state index in [1.165, 1.54) is 104 Å². The number of sulfone groups is 1. The third kappa shape index (κ3) is 24.3. The third-order valence-electron chi connectivity index (χ3n) is 27.9. The van der Waals surface area contributed by atoms with E-state index in [1.54, 1.807) is 12.1 Å². The van der Waals surface area contributed by atoms with Crippen molar-refractivity contribution in [3.05, 3.63) is 203 Å². The van der Waals surface area contributed by atoms with Crippen LogP contribution in [-0.4, -0.2) is 131 Å². The monoisotopic (exact) mass is 1590 g/mol. The van der Waals surface area contributed by atoms with Crippen LogP contribution in [-0.2, 0) is 40.9 Å². The fourth-order valence-corrected chi connectivity index (χ4v) is 23.3. The van der Waals surface area contributed by atoms with Crippen molar-refractivity contribution in [3.63, 3.8) is 0 Å². The molecule has 9 aliphatic rings. The highest BCUT2D eigenvalue weighted by molar-refractivity contribution is 7.91. The van der Waals surface area contributed by atoms with Gasteiger partial charge < -0.3 is 30.0 Å². The number of likely N-dealkylation sites (tertiary alicyclic amines) is 3. The van der Waals surface area contributed by atoms with Gasteiger partial charge in [-0.25, -0.2) is 30.4 Å². The maximum atomic E-state index is 14.7. The van der Waals surface area contributed by atoms with E-state index in [4.69, 9.17) is 0 Å². The Hall–Kier alpha value is -6.64. The summed E-state index contributed by atoms with van der Waals surface area (Å²) in [5.74, 6) is 0.391. The summed E-state index contributed by atoms with van der Waals surface area (Å²) in [5.41, 5.74) is 3.90. The van der Waals surface area contributed by atoms with Crippen molar-refractivity contribution in [1.29, 1.82) is 0 Å². The molecule has 0 radical (unpaired) electrons. The van der Waals surface area contributed by atoms with Crippen molar-refractivity contribution in [3.8, 4) is 0 Å². The minimum Gasteiger partial charge on any atom is -0.481 e. The molecule has 12 nitrogen and oxygen atoms in total. The van der Waals surface area contributed by atoms with E-state index < -0.39 is 56.1 Å². The van der Waals surface area contributed by atoms with Crippen LogP contribution in [0.5, 0.6) is 0 Å². The zero-order valence-electron chi connectivity index (χ0n) is 65.8. The Bertz CT molecular complexity index is 4120. The van der Waals surface area contributed by atoms with Crippen LogP contribution in [0, 0.1) is 106 Å². The fraction of sp³-hybridized carbons (Fsp3) is 0.585. The van der Waals surface area contributed by atoms with Gasteiger partial charge in [-0.2, -0.15) is 0 Å². The maximum Gasteiger partial charge on any atom is 0.306 e. The Morgan fingerprint density at radius 2 is 0.726 bits per heavy atom. The average molecular weight is 1600 g/mol. The van der Waals surface area contributed by atoms with Crippen LogP contribution in [0.15, 0.2) is 174 Å².